The summed E-state index contributed by atoms with van der Waals surface area (Å²) in [6, 6.07) is 6.65. The van der Waals surface area contributed by atoms with Crippen LogP contribution in [0.4, 0.5) is 0 Å². The van der Waals surface area contributed by atoms with Crippen LogP contribution in [0.5, 0.6) is 0 Å². The lowest BCUT2D eigenvalue weighted by atomic mass is 10.1. The average molecular weight is 271 g/mol. The molecule has 0 amide bonds. The van der Waals surface area contributed by atoms with E-state index in [1.807, 2.05) is 13.0 Å². The summed E-state index contributed by atoms with van der Waals surface area (Å²) in [5, 5.41) is 3.56. The number of pyridine rings is 1. The molecule has 1 aliphatic heterocycles. The van der Waals surface area contributed by atoms with Crippen molar-refractivity contribution in [2.75, 3.05) is 13.6 Å². The van der Waals surface area contributed by atoms with Crippen LogP contribution < -0.4 is 5.32 Å². The molecule has 1 atom stereocenters. The van der Waals surface area contributed by atoms with Gasteiger partial charge in [-0.3, -0.25) is 9.88 Å². The maximum Gasteiger partial charge on any atom is 0.0925 e. The zero-order valence-corrected chi connectivity index (χ0v) is 12.1. The molecule has 0 radical (unpaired) electrons. The number of aryl methyl sites for hydroxylation is 1. The number of imidazole rings is 1. The van der Waals surface area contributed by atoms with Gasteiger partial charge in [0.05, 0.1) is 23.4 Å². The molecule has 1 unspecified atom stereocenters. The van der Waals surface area contributed by atoms with Gasteiger partial charge in [0.25, 0.3) is 0 Å². The quantitative estimate of drug-likeness (QED) is 0.879. The lowest BCUT2D eigenvalue weighted by Gasteiger charge is -2.27. The molecule has 106 valence electrons. The second kappa shape index (κ2) is 5.73. The van der Waals surface area contributed by atoms with Crippen LogP contribution in [-0.2, 0) is 19.5 Å². The second-order valence-electron chi connectivity index (χ2n) is 5.58. The highest BCUT2D eigenvalue weighted by Gasteiger charge is 2.21. The van der Waals surface area contributed by atoms with Crippen LogP contribution in [0.1, 0.15) is 22.8 Å². The van der Waals surface area contributed by atoms with Gasteiger partial charge in [0.15, 0.2) is 0 Å². The van der Waals surface area contributed by atoms with Gasteiger partial charge in [0, 0.05) is 37.8 Å². The van der Waals surface area contributed by atoms with Gasteiger partial charge in [0.1, 0.15) is 0 Å². The maximum absolute atomic E-state index is 4.55. The Kier molecular flexibility index (Phi) is 3.80. The number of aromatic amines is 1. The molecule has 0 saturated carbocycles. The molecule has 0 aromatic carbocycles. The van der Waals surface area contributed by atoms with Crippen LogP contribution in [-0.4, -0.2) is 39.5 Å². The Labute approximate surface area is 119 Å². The van der Waals surface area contributed by atoms with Crippen LogP contribution >= 0.6 is 0 Å². The third-order valence-electron chi connectivity index (χ3n) is 3.72. The Morgan fingerprint density at radius 3 is 3.15 bits per heavy atom. The summed E-state index contributed by atoms with van der Waals surface area (Å²) in [5.74, 6) is 0. The van der Waals surface area contributed by atoms with E-state index in [0.717, 1.165) is 37.4 Å². The Morgan fingerprint density at radius 2 is 2.30 bits per heavy atom. The number of aromatic nitrogens is 3. The zero-order valence-electron chi connectivity index (χ0n) is 12.1. The van der Waals surface area contributed by atoms with Crippen molar-refractivity contribution in [1.29, 1.82) is 0 Å². The molecule has 0 aliphatic carbocycles. The van der Waals surface area contributed by atoms with Gasteiger partial charge in [0.2, 0.25) is 0 Å². The van der Waals surface area contributed by atoms with Gasteiger partial charge < -0.3 is 10.3 Å². The predicted molar refractivity (Wildman–Crippen MR) is 78.2 cm³/mol. The molecule has 0 fully saturated rings. The molecule has 2 aromatic rings. The molecular formula is C15H21N5. The average Bonchev–Trinajstić information content (AvgIpc) is 2.86. The summed E-state index contributed by atoms with van der Waals surface area (Å²) < 4.78 is 0. The standard InChI is InChI=1S/C15H21N5/c1-11-4-3-5-12(19-11)8-20(2)9-13-6-14-15(7-16-13)18-10-17-14/h3-5,10,13,16H,6-9H2,1-2H3,(H,17,18). The van der Waals surface area contributed by atoms with Gasteiger partial charge in [-0.05, 0) is 26.1 Å². The van der Waals surface area contributed by atoms with E-state index in [4.69, 9.17) is 0 Å². The van der Waals surface area contributed by atoms with E-state index >= 15 is 0 Å². The minimum Gasteiger partial charge on any atom is -0.347 e. The number of rotatable bonds is 4. The summed E-state index contributed by atoms with van der Waals surface area (Å²) in [7, 11) is 2.14. The Bertz CT molecular complexity index is 577. The lowest BCUT2D eigenvalue weighted by molar-refractivity contribution is 0.270. The second-order valence-corrected chi connectivity index (χ2v) is 5.58. The summed E-state index contributed by atoms with van der Waals surface area (Å²) in [6.45, 7) is 4.80. The largest absolute Gasteiger partial charge is 0.347 e. The van der Waals surface area contributed by atoms with Crippen molar-refractivity contribution in [3.63, 3.8) is 0 Å². The van der Waals surface area contributed by atoms with E-state index < -0.39 is 0 Å². The Hall–Kier alpha value is -1.72. The monoisotopic (exact) mass is 271 g/mol. The number of nitrogens with one attached hydrogen (secondary N) is 2. The molecule has 0 spiro atoms. The first kappa shape index (κ1) is 13.3. The minimum absolute atomic E-state index is 0.459. The van der Waals surface area contributed by atoms with Gasteiger partial charge in [-0.1, -0.05) is 6.07 Å². The summed E-state index contributed by atoms with van der Waals surface area (Å²) >= 11 is 0. The first-order valence-electron chi connectivity index (χ1n) is 7.06. The summed E-state index contributed by atoms with van der Waals surface area (Å²) in [5.41, 5.74) is 4.64. The van der Waals surface area contributed by atoms with E-state index in [1.165, 1.54) is 11.4 Å². The fourth-order valence-electron chi connectivity index (χ4n) is 2.76. The van der Waals surface area contributed by atoms with Gasteiger partial charge in [-0.2, -0.15) is 0 Å². The van der Waals surface area contributed by atoms with Crippen molar-refractivity contribution in [2.24, 2.45) is 0 Å². The van der Waals surface area contributed by atoms with E-state index in [9.17, 15) is 0 Å². The number of H-pyrrole nitrogens is 1. The normalized spacial score (nSPS) is 18.2. The Balaban J connectivity index is 1.56. The van der Waals surface area contributed by atoms with Crippen LogP contribution in [0.15, 0.2) is 24.5 Å². The van der Waals surface area contributed by atoms with Crippen molar-refractivity contribution in [3.05, 3.63) is 47.3 Å². The minimum atomic E-state index is 0.459. The van der Waals surface area contributed by atoms with Gasteiger partial charge >= 0.3 is 0 Å². The van der Waals surface area contributed by atoms with Crippen LogP contribution in [0, 0.1) is 6.92 Å². The SMILES string of the molecule is Cc1cccc(CN(C)CC2Cc3nc[nH]c3CN2)n1. The Morgan fingerprint density at radius 1 is 1.40 bits per heavy atom. The first-order chi connectivity index (χ1) is 9.70. The molecule has 0 bridgehead atoms. The van der Waals surface area contributed by atoms with E-state index in [-0.39, 0.29) is 0 Å². The number of likely N-dealkylation sites (N-methyl/N-ethyl adjacent to an activating group) is 1. The van der Waals surface area contributed by atoms with Gasteiger partial charge in [-0.15, -0.1) is 0 Å². The fourth-order valence-corrected chi connectivity index (χ4v) is 2.76. The van der Waals surface area contributed by atoms with E-state index in [2.05, 4.69) is 44.3 Å². The topological polar surface area (TPSA) is 56.8 Å². The van der Waals surface area contributed by atoms with Crippen LogP contribution in [0.2, 0.25) is 0 Å². The molecule has 1 aliphatic rings. The van der Waals surface area contributed by atoms with Crippen LogP contribution in [0.25, 0.3) is 0 Å². The molecule has 20 heavy (non-hydrogen) atoms. The number of hydrogen-bond acceptors (Lipinski definition) is 4. The predicted octanol–water partition coefficient (Wildman–Crippen LogP) is 1.26. The highest BCUT2D eigenvalue weighted by atomic mass is 15.1. The first-order valence-corrected chi connectivity index (χ1v) is 7.06. The highest BCUT2D eigenvalue weighted by Crippen LogP contribution is 2.13. The molecule has 3 rings (SSSR count). The van der Waals surface area contributed by atoms with Crippen molar-refractivity contribution in [3.8, 4) is 0 Å². The molecule has 5 heteroatoms. The van der Waals surface area contributed by atoms with Crippen molar-refractivity contribution >= 4 is 0 Å². The molecular weight excluding hydrogens is 250 g/mol. The third kappa shape index (κ3) is 3.05. The fraction of sp³-hybridized carbons (Fsp3) is 0.467. The third-order valence-corrected chi connectivity index (χ3v) is 3.72. The van der Waals surface area contributed by atoms with E-state index in [1.54, 1.807) is 6.33 Å². The molecule has 5 nitrogen and oxygen atoms in total. The highest BCUT2D eigenvalue weighted by molar-refractivity contribution is 5.16. The lowest BCUT2D eigenvalue weighted by Crippen LogP contribution is -2.43. The molecule has 0 saturated heterocycles. The van der Waals surface area contributed by atoms with Gasteiger partial charge in [-0.25, -0.2) is 4.98 Å². The maximum atomic E-state index is 4.55. The van der Waals surface area contributed by atoms with E-state index in [0.29, 0.717) is 6.04 Å². The molecule has 2 N–H and O–H groups in total. The zero-order chi connectivity index (χ0) is 13.9. The number of nitrogens with zero attached hydrogens (tertiary/aromatic N) is 3. The van der Waals surface area contributed by atoms with Crippen molar-refractivity contribution in [1.82, 2.24) is 25.2 Å². The van der Waals surface area contributed by atoms with Crippen LogP contribution in [0.3, 0.4) is 0 Å². The number of fused-ring (bicyclic) bond motifs is 1. The summed E-state index contributed by atoms with van der Waals surface area (Å²) in [4.78, 5) is 14.4. The molecule has 3 heterocycles. The van der Waals surface area contributed by atoms with Crippen molar-refractivity contribution in [2.45, 2.75) is 32.5 Å². The molecule has 2 aromatic heterocycles. The smallest absolute Gasteiger partial charge is 0.0925 e. The summed E-state index contributed by atoms with van der Waals surface area (Å²) in [6.07, 6.45) is 2.78. The van der Waals surface area contributed by atoms with Crippen molar-refractivity contribution < 1.29 is 0 Å². The number of hydrogen-bond donors (Lipinski definition) is 2.